The zero-order valence-electron chi connectivity index (χ0n) is 41.3. The number of rotatable bonds is 24. The maximum Gasteiger partial charge on any atom is 0.313 e. The summed E-state index contributed by atoms with van der Waals surface area (Å²) >= 11 is 0. The Balaban J connectivity index is 1.10. The summed E-state index contributed by atoms with van der Waals surface area (Å²) in [7, 11) is 0. The summed E-state index contributed by atoms with van der Waals surface area (Å²) in [5.74, 6) is 3.15. The SMILES string of the molecule is CCOC(=O)C(CC(C)C(=O)OCC(=O)CC)CC(C)(C)C(=O)OCOCCOCCn1cc(CCC2C[C@H]3CCCCC[C@@H]4CC(CCCCC[C@@H](C2)C3)CC(CC(C)C)C4)nn1. The molecular weight excluding hydrogens is 811 g/mol. The second-order valence-electron chi connectivity index (χ2n) is 21.3. The van der Waals surface area contributed by atoms with Gasteiger partial charge >= 0.3 is 17.9 Å². The molecule has 0 aliphatic heterocycles. The lowest BCUT2D eigenvalue weighted by molar-refractivity contribution is -0.170. The lowest BCUT2D eigenvalue weighted by atomic mass is 9.69. The molecule has 12 nitrogen and oxygen atoms in total. The fraction of sp³-hybridized carbons (Fsp3) is 0.885. The highest BCUT2D eigenvalue weighted by Crippen LogP contribution is 2.43. The van der Waals surface area contributed by atoms with Crippen LogP contribution in [-0.4, -0.2) is 78.5 Å². The number of nitrogens with zero attached hydrogens (tertiary/aromatic N) is 3. The number of esters is 3. The second-order valence-corrected chi connectivity index (χ2v) is 21.3. The third kappa shape index (κ3) is 20.3. The van der Waals surface area contributed by atoms with Gasteiger partial charge in [-0.3, -0.25) is 19.2 Å². The van der Waals surface area contributed by atoms with Gasteiger partial charge in [-0.1, -0.05) is 97.1 Å². The largest absolute Gasteiger partial charge is 0.466 e. The van der Waals surface area contributed by atoms with Gasteiger partial charge in [0, 0.05) is 12.6 Å². The summed E-state index contributed by atoms with van der Waals surface area (Å²) in [6.45, 7) is 14.5. The molecule has 0 N–H and O–H groups in total. The van der Waals surface area contributed by atoms with E-state index in [-0.39, 0.29) is 51.7 Å². The monoisotopic (exact) mass is 900 g/mol. The summed E-state index contributed by atoms with van der Waals surface area (Å²) < 4.78 is 28.9. The number of fused-ring (bicyclic) bond motifs is 4. The van der Waals surface area contributed by atoms with Crippen molar-refractivity contribution in [2.24, 2.45) is 58.7 Å². The van der Waals surface area contributed by atoms with Crippen molar-refractivity contribution in [3.63, 3.8) is 0 Å². The normalized spacial score (nSPS) is 24.7. The zero-order chi connectivity index (χ0) is 46.3. The van der Waals surface area contributed by atoms with Crippen LogP contribution in [0.15, 0.2) is 6.20 Å². The van der Waals surface area contributed by atoms with E-state index >= 15 is 0 Å². The van der Waals surface area contributed by atoms with Crippen LogP contribution in [0.3, 0.4) is 0 Å². The molecule has 1 aromatic heterocycles. The van der Waals surface area contributed by atoms with Crippen LogP contribution in [-0.2, 0) is 55.8 Å². The third-order valence-corrected chi connectivity index (χ3v) is 14.5. The molecule has 366 valence electrons. The molecule has 3 aliphatic carbocycles. The van der Waals surface area contributed by atoms with Crippen LogP contribution in [0.1, 0.15) is 189 Å². The minimum Gasteiger partial charge on any atom is -0.466 e. The average Bonchev–Trinajstić information content (AvgIpc) is 3.72. The third-order valence-electron chi connectivity index (χ3n) is 14.5. The van der Waals surface area contributed by atoms with E-state index in [0.29, 0.717) is 19.8 Å². The molecule has 1 heterocycles. The highest BCUT2D eigenvalue weighted by molar-refractivity contribution is 5.83. The summed E-state index contributed by atoms with van der Waals surface area (Å²) in [6, 6.07) is 0. The number of hydrogen-bond donors (Lipinski definition) is 0. The predicted octanol–water partition coefficient (Wildman–Crippen LogP) is 10.9. The topological polar surface area (TPSA) is 145 Å². The van der Waals surface area contributed by atoms with Crippen LogP contribution < -0.4 is 0 Å². The van der Waals surface area contributed by atoms with E-state index in [4.69, 9.17) is 23.7 Å². The number of ether oxygens (including phenoxy) is 5. The van der Waals surface area contributed by atoms with Gasteiger partial charge in [0.2, 0.25) is 0 Å². The fourth-order valence-electron chi connectivity index (χ4n) is 11.3. The summed E-state index contributed by atoms with van der Waals surface area (Å²) in [5.41, 5.74) is 0.00501. The molecule has 5 unspecified atom stereocenters. The predicted molar refractivity (Wildman–Crippen MR) is 249 cm³/mol. The Hall–Kier alpha value is -2.86. The van der Waals surface area contributed by atoms with Crippen LogP contribution in [0.2, 0.25) is 0 Å². The maximum absolute atomic E-state index is 13.0. The molecule has 64 heavy (non-hydrogen) atoms. The first kappa shape index (κ1) is 53.8. The van der Waals surface area contributed by atoms with E-state index in [2.05, 4.69) is 30.4 Å². The van der Waals surface area contributed by atoms with Gasteiger partial charge in [0.15, 0.2) is 12.6 Å². The molecule has 1 aromatic rings. The Bertz CT molecular complexity index is 1480. The molecule has 0 saturated heterocycles. The smallest absolute Gasteiger partial charge is 0.313 e. The lowest BCUT2D eigenvalue weighted by Gasteiger charge is -2.37. The minimum atomic E-state index is -1.06. The Morgan fingerprint density at radius 1 is 0.734 bits per heavy atom. The van der Waals surface area contributed by atoms with Crippen LogP contribution >= 0.6 is 0 Å². The first-order chi connectivity index (χ1) is 30.7. The van der Waals surface area contributed by atoms with E-state index in [9.17, 15) is 19.2 Å². The van der Waals surface area contributed by atoms with Gasteiger partial charge in [0.1, 0.15) is 6.61 Å². The van der Waals surface area contributed by atoms with Crippen molar-refractivity contribution in [1.29, 1.82) is 0 Å². The van der Waals surface area contributed by atoms with Crippen LogP contribution in [0.25, 0.3) is 0 Å². The zero-order valence-corrected chi connectivity index (χ0v) is 41.3. The first-order valence-electron chi connectivity index (χ1n) is 25.8. The van der Waals surface area contributed by atoms with Crippen LogP contribution in [0.4, 0.5) is 0 Å². The summed E-state index contributed by atoms with van der Waals surface area (Å²) in [6.07, 6.45) is 29.3. The van der Waals surface area contributed by atoms with Gasteiger partial charge < -0.3 is 23.7 Å². The van der Waals surface area contributed by atoms with E-state index in [1.54, 1.807) is 34.6 Å². The second kappa shape index (κ2) is 29.0. The Morgan fingerprint density at radius 3 is 1.91 bits per heavy atom. The van der Waals surface area contributed by atoms with Crippen molar-refractivity contribution < 1.29 is 42.9 Å². The van der Waals surface area contributed by atoms with Crippen molar-refractivity contribution in [2.75, 3.05) is 39.8 Å². The fourth-order valence-corrected chi connectivity index (χ4v) is 11.3. The first-order valence-corrected chi connectivity index (χ1v) is 25.8. The number of ketones is 1. The van der Waals surface area contributed by atoms with Gasteiger partial charge in [-0.25, -0.2) is 4.68 Å². The molecule has 8 atom stereocenters. The van der Waals surface area contributed by atoms with E-state index < -0.39 is 35.2 Å². The number of aromatic nitrogens is 3. The molecule has 0 aromatic carbocycles. The van der Waals surface area contributed by atoms with Crippen molar-refractivity contribution in [2.45, 2.75) is 196 Å². The Kier molecular flexibility index (Phi) is 24.4. The maximum atomic E-state index is 13.0. The molecular formula is C52H89N3O9. The highest BCUT2D eigenvalue weighted by atomic mass is 16.7. The number of hydrogen-bond acceptors (Lipinski definition) is 11. The quantitative estimate of drug-likeness (QED) is 0.0423. The van der Waals surface area contributed by atoms with Gasteiger partial charge in [-0.2, -0.15) is 0 Å². The molecule has 4 bridgehead atoms. The molecule has 0 spiro atoms. The number of carbonyl (C=O) groups is 4. The summed E-state index contributed by atoms with van der Waals surface area (Å²) in [4.78, 5) is 49.9. The van der Waals surface area contributed by atoms with Crippen molar-refractivity contribution in [3.05, 3.63) is 11.9 Å². The average molecular weight is 900 g/mol. The number of Topliss-reactive ketones (excluding diaryl/α,β-unsaturated/α-hetero) is 1. The summed E-state index contributed by atoms with van der Waals surface area (Å²) in [5, 5.41) is 8.89. The molecule has 12 heteroatoms. The van der Waals surface area contributed by atoms with Crippen molar-refractivity contribution in [3.8, 4) is 0 Å². The molecule has 3 fully saturated rings. The number of aryl methyl sites for hydroxylation is 1. The standard InChI is InChI=1S/C52H89N3O9/c1-8-48(56)36-63-49(57)39(5)27-46(50(58)62-9-2)34-52(6,7)51(59)64-37-61-25-24-60-23-22-55-35-47(53-54-55)21-20-44-30-40-16-12-10-14-18-42-29-43(33-45(32-42)26-38(3)4)19-15-11-13-17-41(28-40)31-44/h35,38-46H,8-34,36-37H2,1-7H3/t39?,40-,41+,42+,43?,44?,45?,46?/m0/s1. The van der Waals surface area contributed by atoms with Gasteiger partial charge in [0.25, 0.3) is 0 Å². The lowest BCUT2D eigenvalue weighted by Crippen LogP contribution is -2.34. The van der Waals surface area contributed by atoms with E-state index in [1.807, 2.05) is 4.68 Å². The molecule has 0 amide bonds. The molecule has 4 rings (SSSR count). The van der Waals surface area contributed by atoms with E-state index in [1.165, 1.54) is 116 Å². The Morgan fingerprint density at radius 2 is 1.33 bits per heavy atom. The molecule has 3 aliphatic rings. The van der Waals surface area contributed by atoms with Crippen LogP contribution in [0.5, 0.6) is 0 Å². The van der Waals surface area contributed by atoms with Gasteiger partial charge in [-0.15, -0.1) is 5.10 Å². The van der Waals surface area contributed by atoms with E-state index in [0.717, 1.165) is 53.5 Å². The number of carbonyl (C=O) groups excluding carboxylic acids is 4. The minimum absolute atomic E-state index is 0.102. The molecule has 3 saturated carbocycles. The van der Waals surface area contributed by atoms with Gasteiger partial charge in [0.05, 0.1) is 55.9 Å². The Labute approximate surface area is 387 Å². The van der Waals surface area contributed by atoms with Crippen LogP contribution in [0, 0.1) is 58.7 Å². The van der Waals surface area contributed by atoms with Gasteiger partial charge in [-0.05, 0) is 133 Å². The van der Waals surface area contributed by atoms with Crippen molar-refractivity contribution >= 4 is 23.7 Å². The molecule has 0 radical (unpaired) electrons. The highest BCUT2D eigenvalue weighted by Gasteiger charge is 2.38. The van der Waals surface area contributed by atoms with Crippen molar-refractivity contribution in [1.82, 2.24) is 15.0 Å².